The molecule has 0 saturated carbocycles. The molecule has 0 aliphatic rings. The van der Waals surface area contributed by atoms with Crippen LogP contribution < -0.4 is 10.1 Å². The molecule has 0 aliphatic heterocycles. The average molecular weight is 472 g/mol. The molecule has 0 saturated heterocycles. The number of methoxy groups -OCH3 is 1. The number of ether oxygens (including phenoxy) is 2. The lowest BCUT2D eigenvalue weighted by atomic mass is 10.0. The van der Waals surface area contributed by atoms with Crippen LogP contribution in [0.15, 0.2) is 84.9 Å². The van der Waals surface area contributed by atoms with Crippen LogP contribution in [0.25, 0.3) is 22.3 Å². The number of esters is 1. The molecule has 1 N–H and O–H groups in total. The Hall–Kier alpha value is -3.90. The fraction of sp³-hybridized carbons (Fsp3) is 0.143. The number of amides is 1. The molecule has 4 rings (SSSR count). The highest BCUT2D eigenvalue weighted by Gasteiger charge is 2.26. The summed E-state index contributed by atoms with van der Waals surface area (Å²) in [6.07, 6.45) is -0.768. The zero-order valence-electron chi connectivity index (χ0n) is 19.2. The number of rotatable bonds is 7. The van der Waals surface area contributed by atoms with Crippen LogP contribution in [0.5, 0.6) is 5.75 Å². The minimum atomic E-state index is -0.768. The first-order chi connectivity index (χ1) is 16.5. The van der Waals surface area contributed by atoms with Gasteiger partial charge in [-0.3, -0.25) is 4.79 Å². The Morgan fingerprint density at radius 3 is 1.97 bits per heavy atom. The fourth-order valence-corrected chi connectivity index (χ4v) is 4.78. The third kappa shape index (κ3) is 5.02. The Bertz CT molecular complexity index is 1280. The van der Waals surface area contributed by atoms with Gasteiger partial charge in [-0.25, -0.2) is 4.79 Å². The highest BCUT2D eigenvalue weighted by atomic mass is 32.1. The number of hydrogen-bond donors (Lipinski definition) is 1. The molecule has 1 aromatic heterocycles. The van der Waals surface area contributed by atoms with Crippen molar-refractivity contribution in [3.05, 3.63) is 95.4 Å². The molecular formula is C28H25NO4S. The summed E-state index contributed by atoms with van der Waals surface area (Å²) in [6.45, 7) is 3.60. The number of carbonyl (C=O) groups is 2. The second-order valence-corrected chi connectivity index (χ2v) is 8.96. The van der Waals surface area contributed by atoms with Crippen molar-refractivity contribution in [2.24, 2.45) is 0 Å². The van der Waals surface area contributed by atoms with E-state index in [1.165, 1.54) is 18.4 Å². The molecular weight excluding hydrogens is 446 g/mol. The number of anilines is 1. The van der Waals surface area contributed by atoms with Crippen LogP contribution in [0.1, 0.15) is 22.2 Å². The van der Waals surface area contributed by atoms with Gasteiger partial charge in [-0.05, 0) is 42.7 Å². The molecule has 5 nitrogen and oxygen atoms in total. The predicted molar refractivity (Wildman–Crippen MR) is 136 cm³/mol. The number of hydrogen-bond acceptors (Lipinski definition) is 5. The van der Waals surface area contributed by atoms with Gasteiger partial charge in [-0.15, -0.1) is 11.3 Å². The van der Waals surface area contributed by atoms with Gasteiger partial charge in [0.15, 0.2) is 6.10 Å². The molecule has 1 atom stereocenters. The maximum absolute atomic E-state index is 12.9. The second-order valence-electron chi connectivity index (χ2n) is 7.73. The molecule has 1 amide bonds. The van der Waals surface area contributed by atoms with E-state index in [2.05, 4.69) is 5.32 Å². The smallest absolute Gasteiger partial charge is 0.341 e. The van der Waals surface area contributed by atoms with Crippen molar-refractivity contribution in [1.82, 2.24) is 0 Å². The van der Waals surface area contributed by atoms with E-state index in [1.807, 2.05) is 91.9 Å². The Morgan fingerprint density at radius 1 is 0.824 bits per heavy atom. The summed E-state index contributed by atoms with van der Waals surface area (Å²) in [5, 5.41) is 3.32. The van der Waals surface area contributed by atoms with Crippen LogP contribution >= 0.6 is 11.3 Å². The molecule has 1 unspecified atom stereocenters. The Labute approximate surface area is 203 Å². The molecule has 0 spiro atoms. The van der Waals surface area contributed by atoms with Crippen LogP contribution in [-0.2, 0) is 9.53 Å². The zero-order valence-corrected chi connectivity index (χ0v) is 20.0. The van der Waals surface area contributed by atoms with Gasteiger partial charge in [-0.2, -0.15) is 0 Å². The first-order valence-electron chi connectivity index (χ1n) is 10.9. The highest BCUT2D eigenvalue weighted by Crippen LogP contribution is 2.40. The Kier molecular flexibility index (Phi) is 7.09. The standard InChI is InChI=1S/C28H25NO4S/c1-18(33-23-16-14-21(15-17-23)20-10-6-4-7-11-20)26(30)29-27-25(28(31)32-3)24(19(2)34-27)22-12-8-5-9-13-22/h4-18H,1-3H3,(H,29,30). The molecule has 0 aliphatic carbocycles. The molecule has 0 radical (unpaired) electrons. The van der Waals surface area contributed by atoms with Crippen molar-refractivity contribution in [1.29, 1.82) is 0 Å². The van der Waals surface area contributed by atoms with E-state index in [-0.39, 0.29) is 5.91 Å². The van der Waals surface area contributed by atoms with E-state index in [4.69, 9.17) is 9.47 Å². The van der Waals surface area contributed by atoms with Gasteiger partial charge in [0.25, 0.3) is 5.91 Å². The van der Waals surface area contributed by atoms with Gasteiger partial charge in [0.2, 0.25) is 0 Å². The van der Waals surface area contributed by atoms with E-state index in [0.29, 0.717) is 16.3 Å². The van der Waals surface area contributed by atoms with Crippen LogP contribution in [0, 0.1) is 6.92 Å². The monoisotopic (exact) mass is 471 g/mol. The Morgan fingerprint density at radius 2 is 1.38 bits per heavy atom. The molecule has 1 heterocycles. The SMILES string of the molecule is COC(=O)c1c(NC(=O)C(C)Oc2ccc(-c3ccccc3)cc2)sc(C)c1-c1ccccc1. The Balaban J connectivity index is 1.52. The lowest BCUT2D eigenvalue weighted by molar-refractivity contribution is -0.122. The van der Waals surface area contributed by atoms with Crippen molar-refractivity contribution >= 4 is 28.2 Å². The van der Waals surface area contributed by atoms with Crippen molar-refractivity contribution in [3.8, 4) is 28.0 Å². The van der Waals surface area contributed by atoms with Crippen LogP contribution in [0.3, 0.4) is 0 Å². The third-order valence-electron chi connectivity index (χ3n) is 5.42. The summed E-state index contributed by atoms with van der Waals surface area (Å²) in [7, 11) is 1.33. The summed E-state index contributed by atoms with van der Waals surface area (Å²) in [5.41, 5.74) is 4.18. The van der Waals surface area contributed by atoms with Crippen molar-refractivity contribution in [2.45, 2.75) is 20.0 Å². The van der Waals surface area contributed by atoms with Crippen LogP contribution in [0.4, 0.5) is 5.00 Å². The largest absolute Gasteiger partial charge is 0.481 e. The minimum Gasteiger partial charge on any atom is -0.481 e. The van der Waals surface area contributed by atoms with E-state index >= 15 is 0 Å². The lowest BCUT2D eigenvalue weighted by Gasteiger charge is -2.15. The first-order valence-corrected chi connectivity index (χ1v) is 11.7. The second kappa shape index (κ2) is 10.4. The maximum Gasteiger partial charge on any atom is 0.341 e. The summed E-state index contributed by atoms with van der Waals surface area (Å²) in [4.78, 5) is 26.5. The fourth-order valence-electron chi connectivity index (χ4n) is 3.71. The highest BCUT2D eigenvalue weighted by molar-refractivity contribution is 7.17. The summed E-state index contributed by atoms with van der Waals surface area (Å²) < 4.78 is 10.9. The number of nitrogens with one attached hydrogen (secondary N) is 1. The third-order valence-corrected chi connectivity index (χ3v) is 6.44. The number of thiophene rings is 1. The summed E-state index contributed by atoms with van der Waals surface area (Å²) in [6, 6.07) is 27.2. The molecule has 4 aromatic rings. The van der Waals surface area contributed by atoms with Crippen molar-refractivity contribution in [3.63, 3.8) is 0 Å². The first kappa shape index (κ1) is 23.3. The van der Waals surface area contributed by atoms with Gasteiger partial charge in [0.05, 0.1) is 7.11 Å². The van der Waals surface area contributed by atoms with Gasteiger partial charge in [0, 0.05) is 10.4 Å². The van der Waals surface area contributed by atoms with E-state index in [1.54, 1.807) is 6.92 Å². The van der Waals surface area contributed by atoms with E-state index in [0.717, 1.165) is 27.1 Å². The normalized spacial score (nSPS) is 11.5. The van der Waals surface area contributed by atoms with Gasteiger partial charge < -0.3 is 14.8 Å². The lowest BCUT2D eigenvalue weighted by Crippen LogP contribution is -2.30. The number of benzene rings is 3. The predicted octanol–water partition coefficient (Wildman–Crippen LogP) is 6.58. The van der Waals surface area contributed by atoms with Crippen molar-refractivity contribution < 1.29 is 19.1 Å². The minimum absolute atomic E-state index is 0.349. The average Bonchev–Trinajstić information content (AvgIpc) is 3.20. The molecule has 3 aromatic carbocycles. The maximum atomic E-state index is 12.9. The molecule has 172 valence electrons. The van der Waals surface area contributed by atoms with E-state index < -0.39 is 12.1 Å². The molecule has 0 bridgehead atoms. The molecule has 0 fully saturated rings. The van der Waals surface area contributed by atoms with E-state index in [9.17, 15) is 9.59 Å². The van der Waals surface area contributed by atoms with Crippen LogP contribution in [0.2, 0.25) is 0 Å². The summed E-state index contributed by atoms with van der Waals surface area (Å²) in [5.74, 6) is -0.260. The van der Waals surface area contributed by atoms with Gasteiger partial charge in [0.1, 0.15) is 16.3 Å². The van der Waals surface area contributed by atoms with Gasteiger partial charge in [-0.1, -0.05) is 72.8 Å². The van der Waals surface area contributed by atoms with Crippen molar-refractivity contribution in [2.75, 3.05) is 12.4 Å². The zero-order chi connectivity index (χ0) is 24.1. The van der Waals surface area contributed by atoms with Gasteiger partial charge >= 0.3 is 5.97 Å². The van der Waals surface area contributed by atoms with Crippen LogP contribution in [-0.4, -0.2) is 25.1 Å². The molecule has 34 heavy (non-hydrogen) atoms. The number of carbonyl (C=O) groups excluding carboxylic acids is 2. The quantitative estimate of drug-likeness (QED) is 0.309. The topological polar surface area (TPSA) is 64.6 Å². The molecule has 6 heteroatoms. The number of aryl methyl sites for hydroxylation is 1. The summed E-state index contributed by atoms with van der Waals surface area (Å²) >= 11 is 1.34.